The van der Waals surface area contributed by atoms with Crippen molar-refractivity contribution in [2.24, 2.45) is 11.7 Å². The lowest BCUT2D eigenvalue weighted by molar-refractivity contribution is -0.149. The number of carboxylic acid groups (broad SMARTS) is 1. The molecule has 0 aromatic carbocycles. The average Bonchev–Trinajstić information content (AvgIpc) is 2.61. The highest BCUT2D eigenvalue weighted by molar-refractivity contribution is 5.84. The molecule has 5 nitrogen and oxygen atoms in total. The normalized spacial score (nSPS) is 27.4. The Morgan fingerprint density at radius 1 is 1.47 bits per heavy atom. The first-order valence-electron chi connectivity index (χ1n) is 5.18. The van der Waals surface area contributed by atoms with Crippen molar-refractivity contribution in [2.45, 2.75) is 38.3 Å². The largest absolute Gasteiger partial charge is 0.480 e. The molecule has 1 aliphatic rings. The minimum atomic E-state index is -0.979. The van der Waals surface area contributed by atoms with E-state index in [1.165, 1.54) is 18.9 Å². The molecular formula is C10H18N2O3. The second kappa shape index (κ2) is 4.61. The van der Waals surface area contributed by atoms with Gasteiger partial charge in [-0.15, -0.1) is 0 Å². The van der Waals surface area contributed by atoms with E-state index >= 15 is 0 Å². The van der Waals surface area contributed by atoms with Gasteiger partial charge in [0.25, 0.3) is 0 Å². The van der Waals surface area contributed by atoms with Gasteiger partial charge >= 0.3 is 5.97 Å². The van der Waals surface area contributed by atoms with Crippen LogP contribution in [0, 0.1) is 5.92 Å². The summed E-state index contributed by atoms with van der Waals surface area (Å²) >= 11 is 0. The number of carbonyl (C=O) groups is 2. The van der Waals surface area contributed by atoms with Crippen molar-refractivity contribution in [3.05, 3.63) is 0 Å². The van der Waals surface area contributed by atoms with Crippen LogP contribution in [-0.4, -0.2) is 41.0 Å². The third-order valence-corrected chi connectivity index (χ3v) is 3.11. The van der Waals surface area contributed by atoms with Crippen LogP contribution in [0.5, 0.6) is 0 Å². The van der Waals surface area contributed by atoms with Gasteiger partial charge in [0, 0.05) is 19.0 Å². The van der Waals surface area contributed by atoms with Gasteiger partial charge < -0.3 is 15.7 Å². The maximum atomic E-state index is 11.8. The summed E-state index contributed by atoms with van der Waals surface area (Å²) in [7, 11) is 1.53. The third-order valence-electron chi connectivity index (χ3n) is 3.11. The molecule has 1 saturated carbocycles. The van der Waals surface area contributed by atoms with Gasteiger partial charge in [0.15, 0.2) is 0 Å². The molecule has 3 atom stereocenters. The fraction of sp³-hybridized carbons (Fsp3) is 0.800. The lowest BCUT2D eigenvalue weighted by Crippen LogP contribution is -2.43. The molecular weight excluding hydrogens is 196 g/mol. The first-order chi connectivity index (χ1) is 6.93. The molecule has 0 radical (unpaired) electrons. The summed E-state index contributed by atoms with van der Waals surface area (Å²) in [6.45, 7) is 1.51. The van der Waals surface area contributed by atoms with Gasteiger partial charge in [0.2, 0.25) is 5.91 Å². The lowest BCUT2D eigenvalue weighted by Gasteiger charge is -2.24. The Balaban J connectivity index is 2.56. The molecule has 3 N–H and O–H groups in total. The second-order valence-corrected chi connectivity index (χ2v) is 4.23. The van der Waals surface area contributed by atoms with Crippen LogP contribution < -0.4 is 5.73 Å². The van der Waals surface area contributed by atoms with Crippen LogP contribution in [0.15, 0.2) is 0 Å². The Bertz CT molecular complexity index is 267. The van der Waals surface area contributed by atoms with Crippen LogP contribution in [0.25, 0.3) is 0 Å². The number of hydrogen-bond donors (Lipinski definition) is 2. The summed E-state index contributed by atoms with van der Waals surface area (Å²) < 4.78 is 0. The number of rotatable bonds is 3. The zero-order valence-electron chi connectivity index (χ0n) is 9.14. The summed E-state index contributed by atoms with van der Waals surface area (Å²) in [6.07, 6.45) is 2.30. The van der Waals surface area contributed by atoms with E-state index < -0.39 is 12.0 Å². The monoisotopic (exact) mass is 214 g/mol. The van der Waals surface area contributed by atoms with Gasteiger partial charge in [0.05, 0.1) is 0 Å². The minimum Gasteiger partial charge on any atom is -0.480 e. The zero-order valence-corrected chi connectivity index (χ0v) is 9.14. The Labute approximate surface area is 89.2 Å². The van der Waals surface area contributed by atoms with Gasteiger partial charge in [-0.2, -0.15) is 0 Å². The molecule has 0 saturated heterocycles. The molecule has 1 fully saturated rings. The summed E-state index contributed by atoms with van der Waals surface area (Å²) in [5, 5.41) is 8.78. The van der Waals surface area contributed by atoms with E-state index in [9.17, 15) is 9.59 Å². The summed E-state index contributed by atoms with van der Waals surface area (Å²) in [4.78, 5) is 23.8. The van der Waals surface area contributed by atoms with Gasteiger partial charge in [-0.05, 0) is 26.2 Å². The quantitative estimate of drug-likeness (QED) is 0.695. The van der Waals surface area contributed by atoms with Crippen LogP contribution in [-0.2, 0) is 9.59 Å². The van der Waals surface area contributed by atoms with Crippen LogP contribution in [0.2, 0.25) is 0 Å². The van der Waals surface area contributed by atoms with Crippen LogP contribution >= 0.6 is 0 Å². The summed E-state index contributed by atoms with van der Waals surface area (Å²) in [6, 6.07) is -0.679. The number of aliphatic carboxylic acids is 1. The van der Waals surface area contributed by atoms with E-state index in [1.807, 2.05) is 0 Å². The summed E-state index contributed by atoms with van der Waals surface area (Å²) in [5.41, 5.74) is 5.71. The van der Waals surface area contributed by atoms with Crippen molar-refractivity contribution in [1.82, 2.24) is 4.90 Å². The lowest BCUT2D eigenvalue weighted by atomic mass is 10.1. The number of amides is 1. The van der Waals surface area contributed by atoms with E-state index in [0.29, 0.717) is 6.42 Å². The highest BCUT2D eigenvalue weighted by Gasteiger charge is 2.32. The van der Waals surface area contributed by atoms with Gasteiger partial charge in [0.1, 0.15) is 6.04 Å². The maximum absolute atomic E-state index is 11.8. The number of likely N-dealkylation sites (N-methyl/N-ethyl adjacent to an activating group) is 1. The number of nitrogens with two attached hydrogens (primary N) is 1. The van der Waals surface area contributed by atoms with Crippen molar-refractivity contribution in [1.29, 1.82) is 0 Å². The number of carboxylic acids is 1. The first-order valence-corrected chi connectivity index (χ1v) is 5.18. The second-order valence-electron chi connectivity index (χ2n) is 4.23. The number of nitrogens with zero attached hydrogens (tertiary/aromatic N) is 1. The smallest absolute Gasteiger partial charge is 0.326 e. The van der Waals surface area contributed by atoms with E-state index in [0.717, 1.165) is 12.8 Å². The molecule has 1 aliphatic carbocycles. The molecule has 0 bridgehead atoms. The Hall–Kier alpha value is -1.10. The highest BCUT2D eigenvalue weighted by Crippen LogP contribution is 2.26. The van der Waals surface area contributed by atoms with Crippen molar-refractivity contribution in [3.8, 4) is 0 Å². The molecule has 0 aliphatic heterocycles. The molecule has 5 heteroatoms. The molecule has 1 amide bonds. The van der Waals surface area contributed by atoms with Gasteiger partial charge in [-0.25, -0.2) is 4.79 Å². The predicted octanol–water partition coefficient (Wildman–Crippen LogP) is 0.0453. The van der Waals surface area contributed by atoms with Gasteiger partial charge in [-0.3, -0.25) is 4.79 Å². The van der Waals surface area contributed by atoms with Crippen LogP contribution in [0.1, 0.15) is 26.2 Å². The molecule has 15 heavy (non-hydrogen) atoms. The third kappa shape index (κ3) is 2.68. The van der Waals surface area contributed by atoms with Crippen molar-refractivity contribution in [3.63, 3.8) is 0 Å². The van der Waals surface area contributed by atoms with Crippen molar-refractivity contribution in [2.75, 3.05) is 7.05 Å². The minimum absolute atomic E-state index is 0.0903. The first kappa shape index (κ1) is 12.0. The number of hydrogen-bond acceptors (Lipinski definition) is 3. The van der Waals surface area contributed by atoms with Crippen molar-refractivity contribution >= 4 is 11.9 Å². The maximum Gasteiger partial charge on any atom is 0.326 e. The van der Waals surface area contributed by atoms with Crippen LogP contribution in [0.4, 0.5) is 0 Å². The van der Waals surface area contributed by atoms with E-state index in [4.69, 9.17) is 10.8 Å². The molecule has 0 aromatic rings. The standard InChI is InChI=1S/C10H18N2O3/c1-6(10(14)15)12(2)9(13)7-3-4-8(11)5-7/h6-8H,3-5,11H2,1-2H3,(H,14,15). The van der Waals surface area contributed by atoms with E-state index in [2.05, 4.69) is 0 Å². The molecule has 0 spiro atoms. The Kier molecular flexibility index (Phi) is 3.68. The fourth-order valence-corrected chi connectivity index (χ4v) is 1.89. The SMILES string of the molecule is CC(C(=O)O)N(C)C(=O)C1CCC(N)C1. The molecule has 3 unspecified atom stereocenters. The average molecular weight is 214 g/mol. The molecule has 0 aromatic heterocycles. The van der Waals surface area contributed by atoms with Crippen LogP contribution in [0.3, 0.4) is 0 Å². The van der Waals surface area contributed by atoms with Gasteiger partial charge in [-0.1, -0.05) is 0 Å². The fourth-order valence-electron chi connectivity index (χ4n) is 1.89. The molecule has 0 heterocycles. The Morgan fingerprint density at radius 3 is 2.47 bits per heavy atom. The highest BCUT2D eigenvalue weighted by atomic mass is 16.4. The van der Waals surface area contributed by atoms with E-state index in [1.54, 1.807) is 0 Å². The topological polar surface area (TPSA) is 83.6 Å². The summed E-state index contributed by atoms with van der Waals surface area (Å²) in [5.74, 6) is -1.17. The molecule has 86 valence electrons. The zero-order chi connectivity index (χ0) is 11.6. The van der Waals surface area contributed by atoms with E-state index in [-0.39, 0.29) is 17.9 Å². The molecule has 1 rings (SSSR count). The predicted molar refractivity (Wildman–Crippen MR) is 55.2 cm³/mol. The number of carbonyl (C=O) groups excluding carboxylic acids is 1. The van der Waals surface area contributed by atoms with Crippen molar-refractivity contribution < 1.29 is 14.7 Å². The Morgan fingerprint density at radius 2 is 2.07 bits per heavy atom.